The van der Waals surface area contributed by atoms with Crippen LogP contribution in [0.2, 0.25) is 0 Å². The molecule has 1 unspecified atom stereocenters. The maximum absolute atomic E-state index is 11.7. The van der Waals surface area contributed by atoms with Gasteiger partial charge in [0.1, 0.15) is 5.75 Å². The van der Waals surface area contributed by atoms with Gasteiger partial charge in [0.25, 0.3) is 0 Å². The summed E-state index contributed by atoms with van der Waals surface area (Å²) in [5, 5.41) is 9.30. The molecule has 1 fully saturated rings. The van der Waals surface area contributed by atoms with Gasteiger partial charge < -0.3 is 9.84 Å². The lowest BCUT2D eigenvalue weighted by atomic mass is 9.83. The van der Waals surface area contributed by atoms with Crippen LogP contribution in [0.4, 0.5) is 0 Å². The molecule has 3 heteroatoms. The predicted octanol–water partition coefficient (Wildman–Crippen LogP) is 2.69. The van der Waals surface area contributed by atoms with Gasteiger partial charge in [0.2, 0.25) is 0 Å². The Hall–Kier alpha value is -1.51. The summed E-state index contributed by atoms with van der Waals surface area (Å²) in [6.07, 6.45) is 2.35. The summed E-state index contributed by atoms with van der Waals surface area (Å²) >= 11 is 0. The van der Waals surface area contributed by atoms with E-state index in [9.17, 15) is 9.90 Å². The summed E-state index contributed by atoms with van der Waals surface area (Å²) in [5.74, 6) is 0.762. The number of carbonyl (C=O) groups is 1. The first kappa shape index (κ1) is 12.0. The van der Waals surface area contributed by atoms with Crippen molar-refractivity contribution in [3.8, 4) is 5.75 Å². The third kappa shape index (κ3) is 2.60. The van der Waals surface area contributed by atoms with E-state index in [4.69, 9.17) is 4.74 Å². The van der Waals surface area contributed by atoms with Gasteiger partial charge in [-0.25, -0.2) is 0 Å². The molecular weight excluding hydrogens is 216 g/mol. The molecule has 1 aromatic carbocycles. The number of hydrogen-bond donors (Lipinski definition) is 1. The lowest BCUT2D eigenvalue weighted by molar-refractivity contribution is -0.145. The van der Waals surface area contributed by atoms with Crippen molar-refractivity contribution in [2.24, 2.45) is 11.8 Å². The van der Waals surface area contributed by atoms with Gasteiger partial charge in [0.05, 0.1) is 13.0 Å². The van der Waals surface area contributed by atoms with Crippen LogP contribution in [0.1, 0.15) is 31.2 Å². The minimum atomic E-state index is -0.157. The first-order valence-electron chi connectivity index (χ1n) is 6.00. The number of ether oxygens (including phenoxy) is 1. The van der Waals surface area contributed by atoms with Crippen LogP contribution in [0.25, 0.3) is 0 Å². The van der Waals surface area contributed by atoms with Crippen molar-refractivity contribution in [3.05, 3.63) is 29.8 Å². The minimum absolute atomic E-state index is 0.128. The predicted molar refractivity (Wildman–Crippen MR) is 64.8 cm³/mol. The van der Waals surface area contributed by atoms with Crippen LogP contribution in [0.5, 0.6) is 5.75 Å². The number of aromatic hydroxyl groups is 1. The molecule has 0 bridgehead atoms. The van der Waals surface area contributed by atoms with E-state index < -0.39 is 0 Å². The monoisotopic (exact) mass is 234 g/mol. The van der Waals surface area contributed by atoms with Gasteiger partial charge in [0.15, 0.2) is 0 Å². The zero-order valence-electron chi connectivity index (χ0n) is 10.2. The average molecular weight is 234 g/mol. The van der Waals surface area contributed by atoms with Gasteiger partial charge in [-0.3, -0.25) is 4.79 Å². The molecule has 1 aromatic rings. The molecule has 3 nitrogen and oxygen atoms in total. The Kier molecular flexibility index (Phi) is 3.36. The van der Waals surface area contributed by atoms with E-state index in [0.29, 0.717) is 5.92 Å². The summed E-state index contributed by atoms with van der Waals surface area (Å²) in [6.45, 7) is 1.92. The fourth-order valence-electron chi connectivity index (χ4n) is 2.45. The van der Waals surface area contributed by atoms with Crippen molar-refractivity contribution in [2.75, 3.05) is 7.11 Å². The number of phenolic OH excluding ortho intramolecular Hbond substituents is 1. The number of phenols is 1. The van der Waals surface area contributed by atoms with Crippen LogP contribution in [-0.2, 0) is 9.53 Å². The lowest BCUT2D eigenvalue weighted by Crippen LogP contribution is -2.22. The Morgan fingerprint density at radius 2 is 1.94 bits per heavy atom. The van der Waals surface area contributed by atoms with E-state index in [1.54, 1.807) is 12.1 Å². The topological polar surface area (TPSA) is 46.5 Å². The Bertz CT molecular complexity index is 392. The van der Waals surface area contributed by atoms with E-state index in [2.05, 4.69) is 0 Å². The van der Waals surface area contributed by atoms with E-state index in [1.165, 1.54) is 20.0 Å². The molecule has 0 saturated heterocycles. The number of methoxy groups -OCH3 is 1. The number of hydrogen-bond acceptors (Lipinski definition) is 3. The van der Waals surface area contributed by atoms with Crippen LogP contribution >= 0.6 is 0 Å². The van der Waals surface area contributed by atoms with Crippen LogP contribution in [0.3, 0.4) is 0 Å². The Balaban J connectivity index is 2.22. The van der Waals surface area contributed by atoms with Crippen LogP contribution < -0.4 is 0 Å². The molecule has 1 saturated carbocycles. The highest BCUT2D eigenvalue weighted by atomic mass is 16.5. The zero-order chi connectivity index (χ0) is 12.4. The molecule has 0 amide bonds. The summed E-state index contributed by atoms with van der Waals surface area (Å²) < 4.78 is 4.83. The van der Waals surface area contributed by atoms with Gasteiger partial charge >= 0.3 is 5.97 Å². The van der Waals surface area contributed by atoms with E-state index >= 15 is 0 Å². The van der Waals surface area contributed by atoms with Crippen molar-refractivity contribution < 1.29 is 14.6 Å². The Labute approximate surface area is 101 Å². The van der Waals surface area contributed by atoms with Gasteiger partial charge in [-0.2, -0.15) is 0 Å². The molecule has 0 aromatic heterocycles. The van der Waals surface area contributed by atoms with E-state index in [0.717, 1.165) is 5.56 Å². The molecule has 0 radical (unpaired) electrons. The van der Waals surface area contributed by atoms with Crippen molar-refractivity contribution in [1.82, 2.24) is 0 Å². The largest absolute Gasteiger partial charge is 0.508 e. The maximum atomic E-state index is 11.7. The van der Waals surface area contributed by atoms with Gasteiger partial charge in [-0.15, -0.1) is 0 Å². The van der Waals surface area contributed by atoms with Crippen molar-refractivity contribution >= 4 is 5.97 Å². The number of benzene rings is 1. The SMILES string of the molecule is COC(=O)C(C)[C@H](c1ccc(O)cc1)C1CC1. The number of carbonyl (C=O) groups excluding carboxylic acids is 1. The standard InChI is InChI=1S/C14H18O3/c1-9(14(16)17-2)13(10-3-4-10)11-5-7-12(15)8-6-11/h5-10,13,15H,3-4H2,1-2H3/t9?,13-/m0/s1. The second-order valence-electron chi connectivity index (χ2n) is 4.77. The fourth-order valence-corrected chi connectivity index (χ4v) is 2.45. The van der Waals surface area contributed by atoms with Crippen molar-refractivity contribution in [3.63, 3.8) is 0 Å². The number of rotatable bonds is 4. The molecule has 17 heavy (non-hydrogen) atoms. The van der Waals surface area contributed by atoms with E-state index in [1.807, 2.05) is 19.1 Å². The first-order valence-corrected chi connectivity index (χ1v) is 6.00. The number of esters is 1. The molecular formula is C14H18O3. The molecule has 1 N–H and O–H groups in total. The first-order chi connectivity index (χ1) is 8.13. The summed E-state index contributed by atoms with van der Waals surface area (Å²) in [7, 11) is 1.43. The smallest absolute Gasteiger partial charge is 0.309 e. The highest BCUT2D eigenvalue weighted by Gasteiger charge is 2.38. The molecule has 1 aliphatic rings. The molecule has 2 rings (SSSR count). The van der Waals surface area contributed by atoms with Gasteiger partial charge in [-0.05, 0) is 42.4 Å². The fraction of sp³-hybridized carbons (Fsp3) is 0.500. The zero-order valence-corrected chi connectivity index (χ0v) is 10.2. The Morgan fingerprint density at radius 1 is 1.35 bits per heavy atom. The maximum Gasteiger partial charge on any atom is 0.309 e. The highest BCUT2D eigenvalue weighted by molar-refractivity contribution is 5.73. The van der Waals surface area contributed by atoms with Crippen LogP contribution in [0.15, 0.2) is 24.3 Å². The molecule has 0 aliphatic heterocycles. The Morgan fingerprint density at radius 3 is 2.41 bits per heavy atom. The summed E-state index contributed by atoms with van der Waals surface area (Å²) in [4.78, 5) is 11.7. The minimum Gasteiger partial charge on any atom is -0.508 e. The molecule has 2 atom stereocenters. The molecule has 0 spiro atoms. The van der Waals surface area contributed by atoms with Crippen molar-refractivity contribution in [1.29, 1.82) is 0 Å². The summed E-state index contributed by atoms with van der Waals surface area (Å²) in [5.41, 5.74) is 1.11. The third-order valence-corrected chi connectivity index (χ3v) is 3.52. The average Bonchev–Trinajstić information content (AvgIpc) is 3.15. The second kappa shape index (κ2) is 4.78. The third-order valence-electron chi connectivity index (χ3n) is 3.52. The summed E-state index contributed by atoms with van der Waals surface area (Å²) in [6, 6.07) is 7.15. The van der Waals surface area contributed by atoms with Crippen LogP contribution in [-0.4, -0.2) is 18.2 Å². The highest BCUT2D eigenvalue weighted by Crippen LogP contribution is 2.47. The van der Waals surface area contributed by atoms with E-state index in [-0.39, 0.29) is 23.6 Å². The quantitative estimate of drug-likeness (QED) is 0.815. The van der Waals surface area contributed by atoms with Gasteiger partial charge in [-0.1, -0.05) is 19.1 Å². The second-order valence-corrected chi connectivity index (χ2v) is 4.77. The van der Waals surface area contributed by atoms with Gasteiger partial charge in [0, 0.05) is 0 Å². The molecule has 1 aliphatic carbocycles. The van der Waals surface area contributed by atoms with Crippen molar-refractivity contribution in [2.45, 2.75) is 25.7 Å². The van der Waals surface area contributed by atoms with Crippen LogP contribution in [0, 0.1) is 11.8 Å². The molecule has 0 heterocycles. The normalized spacial score (nSPS) is 18.5. The molecule has 92 valence electrons. The lowest BCUT2D eigenvalue weighted by Gasteiger charge is -2.22.